The number of nitrogens with one attached hydrogen (secondary N) is 1. The molecule has 7 heteroatoms. The van der Waals surface area contributed by atoms with Gasteiger partial charge in [0.2, 0.25) is 0 Å². The molecular weight excluding hydrogens is 404 g/mol. The van der Waals surface area contributed by atoms with Crippen LogP contribution in [0.1, 0.15) is 38.2 Å². The number of rotatable bonds is 13. The van der Waals surface area contributed by atoms with Crippen LogP contribution in [0.3, 0.4) is 0 Å². The van der Waals surface area contributed by atoms with Gasteiger partial charge in [-0.05, 0) is 63.3 Å². The average molecular weight is 447 g/mol. The molecular formula is C25H42N4O3. The van der Waals surface area contributed by atoms with Crippen molar-refractivity contribution in [1.29, 1.82) is 0 Å². The monoisotopic (exact) mass is 446 g/mol. The summed E-state index contributed by atoms with van der Waals surface area (Å²) in [7, 11) is 4.25. The van der Waals surface area contributed by atoms with E-state index in [1.165, 1.54) is 12.8 Å². The van der Waals surface area contributed by atoms with E-state index in [2.05, 4.69) is 48.3 Å². The summed E-state index contributed by atoms with van der Waals surface area (Å²) >= 11 is 0. The first kappa shape index (κ1) is 24.8. The zero-order valence-corrected chi connectivity index (χ0v) is 20.2. The maximum absolute atomic E-state index is 6.04. The second kappa shape index (κ2) is 13.7. The van der Waals surface area contributed by atoms with Gasteiger partial charge in [0, 0.05) is 52.5 Å². The van der Waals surface area contributed by atoms with E-state index in [-0.39, 0.29) is 0 Å². The van der Waals surface area contributed by atoms with E-state index >= 15 is 0 Å². The molecule has 1 heterocycles. The number of hydrogen-bond acceptors (Lipinski definition) is 5. The minimum Gasteiger partial charge on any atom is -0.492 e. The molecule has 0 aromatic heterocycles. The minimum atomic E-state index is 0.605. The lowest BCUT2D eigenvalue weighted by Crippen LogP contribution is -2.40. The summed E-state index contributed by atoms with van der Waals surface area (Å²) in [5, 5.41) is 3.38. The fourth-order valence-electron chi connectivity index (χ4n) is 3.83. The molecule has 1 saturated heterocycles. The quantitative estimate of drug-likeness (QED) is 0.286. The van der Waals surface area contributed by atoms with Crippen molar-refractivity contribution in [2.45, 2.75) is 45.2 Å². The molecule has 0 bridgehead atoms. The average Bonchev–Trinajstić information content (AvgIpc) is 3.64. The van der Waals surface area contributed by atoms with E-state index in [4.69, 9.17) is 19.2 Å². The number of likely N-dealkylation sites (N-methyl/N-ethyl adjacent to an activating group) is 2. The summed E-state index contributed by atoms with van der Waals surface area (Å²) in [4.78, 5) is 9.36. The van der Waals surface area contributed by atoms with Crippen LogP contribution < -0.4 is 10.1 Å². The first-order chi connectivity index (χ1) is 15.7. The molecule has 1 aromatic carbocycles. The van der Waals surface area contributed by atoms with Gasteiger partial charge in [0.1, 0.15) is 12.4 Å². The Morgan fingerprint density at radius 3 is 2.69 bits per heavy atom. The topological polar surface area (TPSA) is 58.6 Å². The lowest BCUT2D eigenvalue weighted by molar-refractivity contribution is 0.0392. The third-order valence-electron chi connectivity index (χ3n) is 6.15. The third-order valence-corrected chi connectivity index (χ3v) is 6.15. The van der Waals surface area contributed by atoms with Crippen molar-refractivity contribution in [3.8, 4) is 5.75 Å². The van der Waals surface area contributed by atoms with Crippen LogP contribution in [-0.2, 0) is 16.0 Å². The highest BCUT2D eigenvalue weighted by Gasteiger charge is 2.21. The molecule has 1 aromatic rings. The van der Waals surface area contributed by atoms with Crippen LogP contribution in [0.5, 0.6) is 5.75 Å². The fourth-order valence-corrected chi connectivity index (χ4v) is 3.83. The van der Waals surface area contributed by atoms with Crippen molar-refractivity contribution in [3.05, 3.63) is 29.8 Å². The van der Waals surface area contributed by atoms with Gasteiger partial charge in [-0.2, -0.15) is 0 Å². The van der Waals surface area contributed by atoms with Crippen molar-refractivity contribution in [1.82, 2.24) is 15.1 Å². The maximum atomic E-state index is 6.04. The van der Waals surface area contributed by atoms with Crippen molar-refractivity contribution in [2.24, 2.45) is 10.9 Å². The molecule has 1 N–H and O–H groups in total. The van der Waals surface area contributed by atoms with Crippen molar-refractivity contribution in [2.75, 3.05) is 66.8 Å². The van der Waals surface area contributed by atoms with Crippen LogP contribution in [0.15, 0.2) is 29.3 Å². The number of nitrogens with zero attached hydrogens (tertiary/aromatic N) is 3. The van der Waals surface area contributed by atoms with Gasteiger partial charge >= 0.3 is 0 Å². The SMILES string of the molecule is CCNC(=NCc1cccc(OCCN(C)C2CCOCC2)c1)N(C)CCOCC1CC1. The van der Waals surface area contributed by atoms with Crippen molar-refractivity contribution in [3.63, 3.8) is 0 Å². The van der Waals surface area contributed by atoms with Crippen LogP contribution in [-0.4, -0.2) is 88.6 Å². The third kappa shape index (κ3) is 8.96. The van der Waals surface area contributed by atoms with Crippen LogP contribution in [0.2, 0.25) is 0 Å². The molecule has 32 heavy (non-hydrogen) atoms. The van der Waals surface area contributed by atoms with Gasteiger partial charge in [-0.25, -0.2) is 4.99 Å². The Morgan fingerprint density at radius 2 is 1.94 bits per heavy atom. The van der Waals surface area contributed by atoms with E-state index in [0.717, 1.165) is 82.1 Å². The summed E-state index contributed by atoms with van der Waals surface area (Å²) in [5.41, 5.74) is 1.15. The highest BCUT2D eigenvalue weighted by Crippen LogP contribution is 2.28. The molecule has 1 aliphatic carbocycles. The normalized spacial score (nSPS) is 17.6. The molecule has 3 rings (SSSR count). The Morgan fingerprint density at radius 1 is 1.12 bits per heavy atom. The lowest BCUT2D eigenvalue weighted by atomic mass is 10.1. The number of ether oxygens (including phenoxy) is 3. The molecule has 180 valence electrons. The minimum absolute atomic E-state index is 0.605. The molecule has 0 amide bonds. The maximum Gasteiger partial charge on any atom is 0.194 e. The second-order valence-corrected chi connectivity index (χ2v) is 8.93. The molecule has 2 aliphatic rings. The van der Waals surface area contributed by atoms with Gasteiger partial charge in [0.05, 0.1) is 13.2 Å². The Bertz CT molecular complexity index is 690. The molecule has 0 atom stereocenters. The van der Waals surface area contributed by atoms with Crippen molar-refractivity contribution >= 4 is 5.96 Å². The van der Waals surface area contributed by atoms with E-state index in [9.17, 15) is 0 Å². The van der Waals surface area contributed by atoms with E-state index < -0.39 is 0 Å². The summed E-state index contributed by atoms with van der Waals surface area (Å²) in [6, 6.07) is 8.88. The molecule has 7 nitrogen and oxygen atoms in total. The van der Waals surface area contributed by atoms with Gasteiger partial charge in [-0.15, -0.1) is 0 Å². The van der Waals surface area contributed by atoms with Crippen molar-refractivity contribution < 1.29 is 14.2 Å². The highest BCUT2D eigenvalue weighted by molar-refractivity contribution is 5.79. The van der Waals surface area contributed by atoms with Gasteiger partial charge in [-0.1, -0.05) is 12.1 Å². The van der Waals surface area contributed by atoms with Crippen LogP contribution in [0.4, 0.5) is 0 Å². The highest BCUT2D eigenvalue weighted by atomic mass is 16.5. The van der Waals surface area contributed by atoms with Crippen LogP contribution >= 0.6 is 0 Å². The number of benzene rings is 1. The Labute approximate surface area is 194 Å². The predicted octanol–water partition coefficient (Wildman–Crippen LogP) is 3.00. The van der Waals surface area contributed by atoms with Gasteiger partial charge in [0.15, 0.2) is 5.96 Å². The standard InChI is InChI=1S/C25H42N4O3/c1-4-26-25(29(3)12-16-31-20-21-8-9-21)27-19-22-6-5-7-24(18-22)32-17-13-28(2)23-10-14-30-15-11-23/h5-7,18,21,23H,4,8-17,19-20H2,1-3H3,(H,26,27). The number of aliphatic imine (C=N–C) groups is 1. The van der Waals surface area contributed by atoms with Crippen LogP contribution in [0, 0.1) is 5.92 Å². The van der Waals surface area contributed by atoms with Gasteiger partial charge in [0.25, 0.3) is 0 Å². The lowest BCUT2D eigenvalue weighted by Gasteiger charge is -2.31. The Kier molecular flexibility index (Phi) is 10.6. The number of guanidine groups is 1. The van der Waals surface area contributed by atoms with Gasteiger partial charge in [-0.3, -0.25) is 4.90 Å². The molecule has 0 spiro atoms. The first-order valence-electron chi connectivity index (χ1n) is 12.2. The van der Waals surface area contributed by atoms with E-state index in [0.29, 0.717) is 19.2 Å². The number of hydrogen-bond donors (Lipinski definition) is 1. The molecule has 0 unspecified atom stereocenters. The van der Waals surface area contributed by atoms with Gasteiger partial charge < -0.3 is 24.4 Å². The van der Waals surface area contributed by atoms with E-state index in [1.54, 1.807) is 0 Å². The van der Waals surface area contributed by atoms with E-state index in [1.807, 2.05) is 12.1 Å². The zero-order chi connectivity index (χ0) is 22.6. The molecule has 1 saturated carbocycles. The summed E-state index contributed by atoms with van der Waals surface area (Å²) in [6.07, 6.45) is 4.88. The largest absolute Gasteiger partial charge is 0.492 e. The summed E-state index contributed by atoms with van der Waals surface area (Å²) < 4.78 is 17.3. The first-order valence-corrected chi connectivity index (χ1v) is 12.2. The predicted molar refractivity (Wildman–Crippen MR) is 129 cm³/mol. The van der Waals surface area contributed by atoms with Crippen LogP contribution in [0.25, 0.3) is 0 Å². The second-order valence-electron chi connectivity index (χ2n) is 8.93. The summed E-state index contributed by atoms with van der Waals surface area (Å²) in [6.45, 7) is 9.39. The fraction of sp³-hybridized carbons (Fsp3) is 0.720. The Balaban J connectivity index is 1.43. The zero-order valence-electron chi connectivity index (χ0n) is 20.2. The summed E-state index contributed by atoms with van der Waals surface area (Å²) in [5.74, 6) is 2.62. The molecule has 0 radical (unpaired) electrons. The Hall–Kier alpha value is -1.83. The molecule has 2 fully saturated rings. The molecule has 1 aliphatic heterocycles. The smallest absolute Gasteiger partial charge is 0.194 e.